The lowest BCUT2D eigenvalue weighted by molar-refractivity contribution is 0.596. The van der Waals surface area contributed by atoms with E-state index in [4.69, 9.17) is 4.98 Å². The zero-order valence-electron chi connectivity index (χ0n) is 10.1. The van der Waals surface area contributed by atoms with Crippen molar-refractivity contribution in [2.24, 2.45) is 0 Å². The fourth-order valence-corrected chi connectivity index (χ4v) is 2.98. The van der Waals surface area contributed by atoms with Crippen molar-refractivity contribution >= 4 is 21.6 Å². The molecule has 2 rings (SSSR count). The number of thiazole rings is 1. The van der Waals surface area contributed by atoms with Crippen LogP contribution in [0, 0.1) is 0 Å². The Hall–Kier alpha value is -0.890. The summed E-state index contributed by atoms with van der Waals surface area (Å²) in [6, 6.07) is 8.42. The van der Waals surface area contributed by atoms with Gasteiger partial charge in [-0.15, -0.1) is 11.3 Å². The van der Waals surface area contributed by atoms with Crippen LogP contribution in [0.4, 0.5) is 0 Å². The summed E-state index contributed by atoms with van der Waals surface area (Å²) in [6.07, 6.45) is 5.24. The SMILES string of the molecule is CCCCCC(C)c1nc2ccccc2s1. The average Bonchev–Trinajstić information content (AvgIpc) is 2.73. The van der Waals surface area contributed by atoms with Crippen molar-refractivity contribution in [3.05, 3.63) is 29.3 Å². The van der Waals surface area contributed by atoms with E-state index >= 15 is 0 Å². The Labute approximate surface area is 102 Å². The van der Waals surface area contributed by atoms with Crippen molar-refractivity contribution in [3.63, 3.8) is 0 Å². The molecule has 0 spiro atoms. The summed E-state index contributed by atoms with van der Waals surface area (Å²) in [5.74, 6) is 0.615. The summed E-state index contributed by atoms with van der Waals surface area (Å²) in [5, 5.41) is 1.30. The second-order valence-electron chi connectivity index (χ2n) is 4.42. The monoisotopic (exact) mass is 233 g/mol. The minimum atomic E-state index is 0.615. The number of rotatable bonds is 5. The predicted octanol–water partition coefficient (Wildman–Crippen LogP) is 4.98. The highest BCUT2D eigenvalue weighted by atomic mass is 32.1. The van der Waals surface area contributed by atoms with Crippen LogP contribution in [0.25, 0.3) is 10.2 Å². The molecule has 0 aliphatic heterocycles. The molecule has 0 bridgehead atoms. The topological polar surface area (TPSA) is 12.9 Å². The lowest BCUT2D eigenvalue weighted by atomic mass is 10.0. The largest absolute Gasteiger partial charge is 0.241 e. The minimum absolute atomic E-state index is 0.615. The Morgan fingerprint density at radius 3 is 2.81 bits per heavy atom. The van der Waals surface area contributed by atoms with Gasteiger partial charge in [0.2, 0.25) is 0 Å². The molecule has 1 unspecified atom stereocenters. The zero-order valence-corrected chi connectivity index (χ0v) is 10.9. The van der Waals surface area contributed by atoms with Crippen LogP contribution >= 0.6 is 11.3 Å². The number of benzene rings is 1. The van der Waals surface area contributed by atoms with E-state index in [2.05, 4.69) is 38.1 Å². The van der Waals surface area contributed by atoms with Crippen molar-refractivity contribution in [1.82, 2.24) is 4.98 Å². The maximum Gasteiger partial charge on any atom is 0.0966 e. The van der Waals surface area contributed by atoms with Gasteiger partial charge in [0, 0.05) is 5.92 Å². The summed E-state index contributed by atoms with van der Waals surface area (Å²) in [5.41, 5.74) is 1.16. The standard InChI is InChI=1S/C14H19NS/c1-3-4-5-8-11(2)14-15-12-9-6-7-10-13(12)16-14/h6-7,9-11H,3-5,8H2,1-2H3. The van der Waals surface area contributed by atoms with Crippen molar-refractivity contribution in [1.29, 1.82) is 0 Å². The number of unbranched alkanes of at least 4 members (excludes halogenated alkanes) is 2. The van der Waals surface area contributed by atoms with E-state index in [0.717, 1.165) is 5.52 Å². The molecular weight excluding hydrogens is 214 g/mol. The van der Waals surface area contributed by atoms with Crippen molar-refractivity contribution in [3.8, 4) is 0 Å². The highest BCUT2D eigenvalue weighted by molar-refractivity contribution is 7.18. The number of nitrogens with zero attached hydrogens (tertiary/aromatic N) is 1. The summed E-state index contributed by atoms with van der Waals surface area (Å²) < 4.78 is 1.32. The molecule has 0 N–H and O–H groups in total. The van der Waals surface area contributed by atoms with Crippen molar-refractivity contribution in [2.75, 3.05) is 0 Å². The summed E-state index contributed by atoms with van der Waals surface area (Å²) in [6.45, 7) is 4.55. The highest BCUT2D eigenvalue weighted by Crippen LogP contribution is 2.29. The van der Waals surface area contributed by atoms with Gasteiger partial charge in [0.25, 0.3) is 0 Å². The summed E-state index contributed by atoms with van der Waals surface area (Å²) in [7, 11) is 0. The van der Waals surface area contributed by atoms with Crippen LogP contribution in [0.1, 0.15) is 50.5 Å². The van der Waals surface area contributed by atoms with Crippen LogP contribution in [0.3, 0.4) is 0 Å². The molecule has 2 heteroatoms. The molecule has 1 aromatic carbocycles. The van der Waals surface area contributed by atoms with Gasteiger partial charge in [-0.05, 0) is 18.6 Å². The van der Waals surface area contributed by atoms with Crippen molar-refractivity contribution in [2.45, 2.75) is 45.4 Å². The van der Waals surface area contributed by atoms with Gasteiger partial charge >= 0.3 is 0 Å². The number of aromatic nitrogens is 1. The fourth-order valence-electron chi connectivity index (χ4n) is 1.92. The van der Waals surface area contributed by atoms with Crippen LogP contribution in [0.5, 0.6) is 0 Å². The third-order valence-electron chi connectivity index (χ3n) is 2.97. The fraction of sp³-hybridized carbons (Fsp3) is 0.500. The van der Waals surface area contributed by atoms with Gasteiger partial charge < -0.3 is 0 Å². The van der Waals surface area contributed by atoms with Gasteiger partial charge in [0.05, 0.1) is 15.2 Å². The van der Waals surface area contributed by atoms with Gasteiger partial charge in [-0.1, -0.05) is 45.2 Å². The second-order valence-corrected chi connectivity index (χ2v) is 5.48. The zero-order chi connectivity index (χ0) is 11.4. The Kier molecular flexibility index (Phi) is 3.94. The molecule has 1 atom stereocenters. The first-order valence-corrected chi connectivity index (χ1v) is 6.98. The third kappa shape index (κ3) is 2.62. The van der Waals surface area contributed by atoms with Gasteiger partial charge in [-0.3, -0.25) is 0 Å². The number of hydrogen-bond acceptors (Lipinski definition) is 2. The van der Waals surface area contributed by atoms with E-state index in [9.17, 15) is 0 Å². The molecule has 16 heavy (non-hydrogen) atoms. The molecule has 0 amide bonds. The lowest BCUT2D eigenvalue weighted by Gasteiger charge is -2.06. The Bertz CT molecular complexity index is 414. The molecule has 0 radical (unpaired) electrons. The molecule has 0 saturated heterocycles. The van der Waals surface area contributed by atoms with Gasteiger partial charge in [0.15, 0.2) is 0 Å². The third-order valence-corrected chi connectivity index (χ3v) is 4.24. The molecule has 86 valence electrons. The number of para-hydroxylation sites is 1. The predicted molar refractivity (Wildman–Crippen MR) is 72.2 cm³/mol. The molecule has 1 aromatic heterocycles. The van der Waals surface area contributed by atoms with E-state index in [0.29, 0.717) is 5.92 Å². The van der Waals surface area contributed by atoms with Crippen LogP contribution in [-0.4, -0.2) is 4.98 Å². The van der Waals surface area contributed by atoms with E-state index in [1.807, 2.05) is 11.3 Å². The normalized spacial score (nSPS) is 13.1. The maximum absolute atomic E-state index is 4.71. The van der Waals surface area contributed by atoms with Crippen LogP contribution in [-0.2, 0) is 0 Å². The Morgan fingerprint density at radius 1 is 1.25 bits per heavy atom. The summed E-state index contributed by atoms with van der Waals surface area (Å²) in [4.78, 5) is 4.71. The van der Waals surface area contributed by atoms with E-state index < -0.39 is 0 Å². The van der Waals surface area contributed by atoms with Crippen molar-refractivity contribution < 1.29 is 0 Å². The minimum Gasteiger partial charge on any atom is -0.241 e. The van der Waals surface area contributed by atoms with E-state index in [1.165, 1.54) is 35.4 Å². The Morgan fingerprint density at radius 2 is 2.06 bits per heavy atom. The van der Waals surface area contributed by atoms with Gasteiger partial charge in [0.1, 0.15) is 0 Å². The first-order valence-electron chi connectivity index (χ1n) is 6.16. The lowest BCUT2D eigenvalue weighted by Crippen LogP contribution is -1.92. The number of fused-ring (bicyclic) bond motifs is 1. The highest BCUT2D eigenvalue weighted by Gasteiger charge is 2.10. The molecule has 0 saturated carbocycles. The Balaban J connectivity index is 2.07. The smallest absolute Gasteiger partial charge is 0.0966 e. The molecule has 1 heterocycles. The molecule has 0 aliphatic rings. The molecule has 1 nitrogen and oxygen atoms in total. The van der Waals surface area contributed by atoms with Crippen LogP contribution < -0.4 is 0 Å². The average molecular weight is 233 g/mol. The quantitative estimate of drug-likeness (QED) is 0.664. The van der Waals surface area contributed by atoms with Gasteiger partial charge in [-0.2, -0.15) is 0 Å². The number of hydrogen-bond donors (Lipinski definition) is 0. The molecule has 2 aromatic rings. The molecular formula is C14H19NS. The van der Waals surface area contributed by atoms with E-state index in [-0.39, 0.29) is 0 Å². The van der Waals surface area contributed by atoms with E-state index in [1.54, 1.807) is 0 Å². The first-order chi connectivity index (χ1) is 7.81. The van der Waals surface area contributed by atoms with Crippen LogP contribution in [0.15, 0.2) is 24.3 Å². The van der Waals surface area contributed by atoms with Gasteiger partial charge in [-0.25, -0.2) is 4.98 Å². The first kappa shape index (κ1) is 11.6. The van der Waals surface area contributed by atoms with Crippen LogP contribution in [0.2, 0.25) is 0 Å². The molecule has 0 aliphatic carbocycles. The maximum atomic E-state index is 4.71. The molecule has 0 fully saturated rings. The summed E-state index contributed by atoms with van der Waals surface area (Å²) >= 11 is 1.85. The second kappa shape index (κ2) is 5.44.